The summed E-state index contributed by atoms with van der Waals surface area (Å²) in [6.45, 7) is 4.54. The van der Waals surface area contributed by atoms with Gasteiger partial charge in [0.15, 0.2) is 5.79 Å². The van der Waals surface area contributed by atoms with Crippen molar-refractivity contribution >= 4 is 0 Å². The molecule has 48 heavy (non-hydrogen) atoms. The lowest BCUT2D eigenvalue weighted by atomic mass is 9.98. The van der Waals surface area contributed by atoms with E-state index in [9.17, 15) is 0 Å². The quantitative estimate of drug-likeness (QED) is 0.0405. The first-order valence-electron chi connectivity index (χ1n) is 20.9. The van der Waals surface area contributed by atoms with Gasteiger partial charge in [0.2, 0.25) is 0 Å². The molecule has 1 aliphatic carbocycles. The molecule has 4 nitrogen and oxygen atoms in total. The second-order valence-electron chi connectivity index (χ2n) is 14.9. The molecule has 0 bridgehead atoms. The van der Waals surface area contributed by atoms with Crippen LogP contribution in [0.5, 0.6) is 0 Å². The van der Waals surface area contributed by atoms with E-state index in [-0.39, 0.29) is 24.1 Å². The molecule has 1 saturated carbocycles. The minimum absolute atomic E-state index is 0.198. The molecule has 0 aromatic heterocycles. The second kappa shape index (κ2) is 29.5. The van der Waals surface area contributed by atoms with Crippen molar-refractivity contribution in [2.45, 2.75) is 218 Å². The Kier molecular flexibility index (Phi) is 26.4. The Morgan fingerprint density at radius 1 is 0.500 bits per heavy atom. The molecule has 0 N–H and O–H groups in total. The Morgan fingerprint density at radius 3 is 1.23 bits per heavy atom. The molecule has 4 heteroatoms. The molecule has 2 unspecified atom stereocenters. The minimum atomic E-state index is -0.358. The molecule has 1 saturated heterocycles. The van der Waals surface area contributed by atoms with Crippen molar-refractivity contribution in [3.63, 3.8) is 0 Å². The third-order valence-corrected chi connectivity index (χ3v) is 10.0. The number of fused-ring (bicyclic) bond motifs is 1. The van der Waals surface area contributed by atoms with Crippen LogP contribution < -0.4 is 0 Å². The van der Waals surface area contributed by atoms with Crippen LogP contribution in [0.25, 0.3) is 0 Å². The van der Waals surface area contributed by atoms with Gasteiger partial charge in [0.25, 0.3) is 0 Å². The van der Waals surface area contributed by atoms with Crippen LogP contribution >= 0.6 is 0 Å². The summed E-state index contributed by atoms with van der Waals surface area (Å²) in [5, 5.41) is 1.83. The summed E-state index contributed by atoms with van der Waals surface area (Å²) in [5.74, 6) is -0.358. The highest BCUT2D eigenvalue weighted by atomic mass is 16.8. The Hall–Kier alpha value is -1.20. The number of unbranched alkanes of at least 4 members (excludes halogenated alkanes) is 18. The summed E-state index contributed by atoms with van der Waals surface area (Å²) in [6, 6.07) is 0. The van der Waals surface area contributed by atoms with Crippen LogP contribution in [0.4, 0.5) is 0 Å². The van der Waals surface area contributed by atoms with Gasteiger partial charge in [-0.3, -0.25) is 4.84 Å². The molecule has 0 aromatic carbocycles. The maximum Gasteiger partial charge on any atom is 0.169 e. The van der Waals surface area contributed by atoms with Gasteiger partial charge in [0, 0.05) is 39.8 Å². The van der Waals surface area contributed by atoms with E-state index in [1.807, 2.05) is 19.2 Å². The second-order valence-corrected chi connectivity index (χ2v) is 14.9. The molecular weight excluding hydrogens is 590 g/mol. The number of ether oxygens (including phenoxy) is 2. The predicted octanol–water partition coefficient (Wildman–Crippen LogP) is 13.5. The van der Waals surface area contributed by atoms with Crippen molar-refractivity contribution in [2.75, 3.05) is 14.1 Å². The van der Waals surface area contributed by atoms with Crippen molar-refractivity contribution in [2.24, 2.45) is 0 Å². The highest BCUT2D eigenvalue weighted by molar-refractivity contribution is 4.95. The zero-order chi connectivity index (χ0) is 34.4. The number of hydrogen-bond donors (Lipinski definition) is 0. The monoisotopic (exact) mass is 670 g/mol. The Bertz CT molecular complexity index is 782. The molecule has 2 aliphatic rings. The van der Waals surface area contributed by atoms with Crippen LogP contribution in [0, 0.1) is 0 Å². The SMILES string of the molecule is CCCCC/C=C\C/C=C\CCCCCCCCC1(CCCCCCCC/C=C\C/C=C\CCCCC)OC2CC(ON(C)C)CC2O1. The van der Waals surface area contributed by atoms with E-state index in [0.717, 1.165) is 38.5 Å². The van der Waals surface area contributed by atoms with Crippen LogP contribution in [-0.4, -0.2) is 43.3 Å². The molecule has 1 heterocycles. The lowest BCUT2D eigenvalue weighted by molar-refractivity contribution is -0.213. The summed E-state index contributed by atoms with van der Waals surface area (Å²) in [5.41, 5.74) is 0. The van der Waals surface area contributed by atoms with Crippen molar-refractivity contribution in [1.82, 2.24) is 5.06 Å². The molecule has 2 rings (SSSR count). The van der Waals surface area contributed by atoms with Gasteiger partial charge in [-0.15, -0.1) is 0 Å². The fourth-order valence-electron chi connectivity index (χ4n) is 7.26. The number of hydrogen-bond acceptors (Lipinski definition) is 4. The van der Waals surface area contributed by atoms with E-state index in [2.05, 4.69) is 62.5 Å². The third-order valence-electron chi connectivity index (χ3n) is 10.0. The van der Waals surface area contributed by atoms with Crippen LogP contribution in [0.1, 0.15) is 194 Å². The van der Waals surface area contributed by atoms with Gasteiger partial charge >= 0.3 is 0 Å². The van der Waals surface area contributed by atoms with Gasteiger partial charge in [-0.05, 0) is 77.0 Å². The van der Waals surface area contributed by atoms with Crippen molar-refractivity contribution < 1.29 is 14.3 Å². The largest absolute Gasteiger partial charge is 0.344 e. The van der Waals surface area contributed by atoms with Gasteiger partial charge in [-0.1, -0.05) is 140 Å². The molecule has 2 fully saturated rings. The van der Waals surface area contributed by atoms with E-state index >= 15 is 0 Å². The Morgan fingerprint density at radius 2 is 0.854 bits per heavy atom. The molecule has 1 aliphatic heterocycles. The first kappa shape index (κ1) is 43.0. The van der Waals surface area contributed by atoms with Gasteiger partial charge in [0.1, 0.15) is 0 Å². The lowest BCUT2D eigenvalue weighted by Crippen LogP contribution is -2.33. The Balaban J connectivity index is 1.57. The van der Waals surface area contributed by atoms with E-state index in [1.165, 1.54) is 141 Å². The number of allylic oxidation sites excluding steroid dienone is 8. The van der Waals surface area contributed by atoms with Crippen molar-refractivity contribution in [3.05, 3.63) is 48.6 Å². The number of nitrogens with zero attached hydrogens (tertiary/aromatic N) is 1. The fraction of sp³-hybridized carbons (Fsp3) is 0.818. The van der Waals surface area contributed by atoms with Crippen molar-refractivity contribution in [3.8, 4) is 0 Å². The van der Waals surface area contributed by atoms with Gasteiger partial charge in [-0.2, -0.15) is 5.06 Å². The summed E-state index contributed by atoms with van der Waals surface area (Å²) in [6.07, 6.45) is 54.3. The van der Waals surface area contributed by atoms with Gasteiger partial charge < -0.3 is 9.47 Å². The van der Waals surface area contributed by atoms with Crippen LogP contribution in [0.15, 0.2) is 48.6 Å². The van der Waals surface area contributed by atoms with Crippen LogP contribution in [0.2, 0.25) is 0 Å². The number of hydroxylamine groups is 2. The average molecular weight is 670 g/mol. The van der Waals surface area contributed by atoms with E-state index < -0.39 is 0 Å². The lowest BCUT2D eigenvalue weighted by Gasteiger charge is -2.30. The molecule has 0 aromatic rings. The average Bonchev–Trinajstić information content (AvgIpc) is 3.59. The first-order valence-corrected chi connectivity index (χ1v) is 20.9. The highest BCUT2D eigenvalue weighted by Crippen LogP contribution is 2.44. The summed E-state index contributed by atoms with van der Waals surface area (Å²) >= 11 is 0. The summed E-state index contributed by atoms with van der Waals surface area (Å²) in [7, 11) is 3.94. The molecular formula is C44H79NO3. The smallest absolute Gasteiger partial charge is 0.169 e. The molecule has 0 amide bonds. The zero-order valence-corrected chi connectivity index (χ0v) is 32.3. The van der Waals surface area contributed by atoms with Crippen LogP contribution in [-0.2, 0) is 14.3 Å². The molecule has 0 radical (unpaired) electrons. The normalized spacial score (nSPS) is 21.0. The number of rotatable bonds is 32. The standard InChI is InChI=1S/C44H79NO3/c1-5-7-9-11-13-15-17-19-21-23-25-27-29-31-33-35-37-44(46-42-39-41(48-45(3)4)40-43(42)47-44)38-36-34-32-30-28-26-24-22-20-18-16-14-12-10-8-6-2/h13-16,19-22,41-43H,5-12,17-18,23-40H2,1-4H3/b15-13-,16-14-,21-19-,22-20-. The highest BCUT2D eigenvalue weighted by Gasteiger charge is 2.51. The van der Waals surface area contributed by atoms with Crippen molar-refractivity contribution in [1.29, 1.82) is 0 Å². The molecule has 0 spiro atoms. The van der Waals surface area contributed by atoms with Gasteiger partial charge in [0.05, 0.1) is 18.3 Å². The maximum absolute atomic E-state index is 6.79. The van der Waals surface area contributed by atoms with E-state index in [4.69, 9.17) is 14.3 Å². The maximum atomic E-state index is 6.79. The minimum Gasteiger partial charge on any atom is -0.344 e. The van der Waals surface area contributed by atoms with E-state index in [1.54, 1.807) is 0 Å². The Labute approximate surface area is 299 Å². The predicted molar refractivity (Wildman–Crippen MR) is 208 cm³/mol. The topological polar surface area (TPSA) is 30.9 Å². The molecule has 2 atom stereocenters. The fourth-order valence-corrected chi connectivity index (χ4v) is 7.26. The van der Waals surface area contributed by atoms with Gasteiger partial charge in [-0.25, -0.2) is 0 Å². The first-order chi connectivity index (χ1) is 23.6. The summed E-state index contributed by atoms with van der Waals surface area (Å²) < 4.78 is 13.6. The van der Waals surface area contributed by atoms with Crippen LogP contribution in [0.3, 0.4) is 0 Å². The van der Waals surface area contributed by atoms with E-state index in [0.29, 0.717) is 0 Å². The molecule has 278 valence electrons. The zero-order valence-electron chi connectivity index (χ0n) is 32.3. The summed E-state index contributed by atoms with van der Waals surface area (Å²) in [4.78, 5) is 5.96. The third kappa shape index (κ3) is 21.8.